The van der Waals surface area contributed by atoms with Crippen LogP contribution in [-0.2, 0) is 22.6 Å². The van der Waals surface area contributed by atoms with Gasteiger partial charge in [0.05, 0.1) is 6.61 Å². The summed E-state index contributed by atoms with van der Waals surface area (Å²) in [6.07, 6.45) is -0.326. The first kappa shape index (κ1) is 26.4. The van der Waals surface area contributed by atoms with Crippen LogP contribution in [-0.4, -0.2) is 56.4 Å². The van der Waals surface area contributed by atoms with Gasteiger partial charge in [0.25, 0.3) is 0 Å². The summed E-state index contributed by atoms with van der Waals surface area (Å²) in [5, 5.41) is 6.54. The number of guanidine groups is 1. The molecule has 28 heavy (non-hydrogen) atoms. The maximum Gasteiger partial charge on any atom is 0.410 e. The third-order valence-corrected chi connectivity index (χ3v) is 3.63. The Morgan fingerprint density at radius 1 is 1.21 bits per heavy atom. The van der Waals surface area contributed by atoms with Gasteiger partial charge in [-0.25, -0.2) is 4.79 Å². The van der Waals surface area contributed by atoms with E-state index in [2.05, 4.69) is 15.6 Å². The second kappa shape index (κ2) is 12.8. The molecule has 1 atom stereocenters. The largest absolute Gasteiger partial charge is 0.444 e. The van der Waals surface area contributed by atoms with Crippen molar-refractivity contribution in [1.82, 2.24) is 15.5 Å². The average Bonchev–Trinajstić information content (AvgIpc) is 2.58. The Balaban J connectivity index is 0.00000729. The van der Waals surface area contributed by atoms with E-state index >= 15 is 0 Å². The number of benzene rings is 1. The van der Waals surface area contributed by atoms with Gasteiger partial charge in [-0.1, -0.05) is 24.3 Å². The Morgan fingerprint density at radius 2 is 1.79 bits per heavy atom. The lowest BCUT2D eigenvalue weighted by atomic mass is 10.1. The van der Waals surface area contributed by atoms with E-state index in [1.807, 2.05) is 52.0 Å². The molecule has 0 saturated heterocycles. The Bertz CT molecular complexity index is 615. The van der Waals surface area contributed by atoms with Gasteiger partial charge in [0, 0.05) is 40.3 Å². The second-order valence-corrected chi connectivity index (χ2v) is 7.58. The van der Waals surface area contributed by atoms with E-state index < -0.39 is 5.60 Å². The van der Waals surface area contributed by atoms with Crippen molar-refractivity contribution in [3.8, 4) is 0 Å². The Labute approximate surface area is 186 Å². The number of hydrogen-bond donors (Lipinski definition) is 2. The summed E-state index contributed by atoms with van der Waals surface area (Å²) in [6, 6.07) is 8.28. The quantitative estimate of drug-likeness (QED) is 0.337. The fourth-order valence-corrected chi connectivity index (χ4v) is 2.35. The smallest absolute Gasteiger partial charge is 0.410 e. The standard InChI is InChI=1S/C20H34N4O3.HI/c1-15(14-26-7)23-18(21-5)22-12-16-8-10-17(11-9-16)13-24(6)19(25)27-20(2,3)4;/h8-11,15H,12-14H2,1-7H3,(H2,21,22,23);1H. The molecule has 0 heterocycles. The third-order valence-electron chi connectivity index (χ3n) is 3.63. The molecule has 0 spiro atoms. The van der Waals surface area contributed by atoms with Crippen LogP contribution in [0.4, 0.5) is 4.79 Å². The number of methoxy groups -OCH3 is 1. The highest BCUT2D eigenvalue weighted by Gasteiger charge is 2.19. The van der Waals surface area contributed by atoms with Gasteiger partial charge in [-0.2, -0.15) is 0 Å². The number of hydrogen-bond acceptors (Lipinski definition) is 4. The molecule has 0 aliphatic rings. The molecule has 160 valence electrons. The van der Waals surface area contributed by atoms with Gasteiger partial charge in [-0.05, 0) is 38.8 Å². The van der Waals surface area contributed by atoms with Gasteiger partial charge in [-0.3, -0.25) is 4.99 Å². The Hall–Kier alpha value is -1.55. The zero-order chi connectivity index (χ0) is 20.4. The van der Waals surface area contributed by atoms with Crippen LogP contribution in [0.1, 0.15) is 38.8 Å². The van der Waals surface area contributed by atoms with Crippen molar-refractivity contribution in [1.29, 1.82) is 0 Å². The maximum atomic E-state index is 12.0. The number of halogens is 1. The number of carbonyl (C=O) groups is 1. The number of amides is 1. The molecular formula is C20H35IN4O3. The molecule has 7 nitrogen and oxygen atoms in total. The number of carbonyl (C=O) groups excluding carboxylic acids is 1. The summed E-state index contributed by atoms with van der Waals surface area (Å²) in [5.74, 6) is 0.730. The predicted molar refractivity (Wildman–Crippen MR) is 124 cm³/mol. The third kappa shape index (κ3) is 10.7. The first-order chi connectivity index (χ1) is 12.6. The SMILES string of the molecule is CN=C(NCc1ccc(CN(C)C(=O)OC(C)(C)C)cc1)NC(C)COC.I. The minimum Gasteiger partial charge on any atom is -0.444 e. The summed E-state index contributed by atoms with van der Waals surface area (Å²) in [4.78, 5) is 17.8. The molecule has 0 bridgehead atoms. The molecule has 1 unspecified atom stereocenters. The van der Waals surface area contributed by atoms with Crippen molar-refractivity contribution in [3.05, 3.63) is 35.4 Å². The summed E-state index contributed by atoms with van der Waals surface area (Å²) in [5.41, 5.74) is 1.68. The average molecular weight is 506 g/mol. The minimum atomic E-state index is -0.492. The number of ether oxygens (including phenoxy) is 2. The second-order valence-electron chi connectivity index (χ2n) is 7.58. The number of nitrogens with one attached hydrogen (secondary N) is 2. The summed E-state index contributed by atoms with van der Waals surface area (Å²) >= 11 is 0. The molecule has 2 N–H and O–H groups in total. The van der Waals surface area contributed by atoms with Gasteiger partial charge < -0.3 is 25.0 Å². The molecule has 1 amide bonds. The van der Waals surface area contributed by atoms with Crippen molar-refractivity contribution in [2.75, 3.05) is 27.8 Å². The van der Waals surface area contributed by atoms with E-state index in [9.17, 15) is 4.79 Å². The highest BCUT2D eigenvalue weighted by atomic mass is 127. The molecule has 0 fully saturated rings. The number of rotatable bonds is 7. The van der Waals surface area contributed by atoms with E-state index in [0.29, 0.717) is 19.7 Å². The van der Waals surface area contributed by atoms with Gasteiger partial charge >= 0.3 is 6.09 Å². The normalized spacial score (nSPS) is 12.6. The molecule has 0 saturated carbocycles. The maximum absolute atomic E-state index is 12.0. The summed E-state index contributed by atoms with van der Waals surface area (Å²) < 4.78 is 10.5. The van der Waals surface area contributed by atoms with Crippen molar-refractivity contribution >= 4 is 36.0 Å². The summed E-state index contributed by atoms with van der Waals surface area (Å²) in [6.45, 7) is 9.38. The van der Waals surface area contributed by atoms with Crippen LogP contribution in [0.25, 0.3) is 0 Å². The van der Waals surface area contributed by atoms with Crippen molar-refractivity contribution in [2.45, 2.75) is 52.4 Å². The zero-order valence-electron chi connectivity index (χ0n) is 18.0. The van der Waals surface area contributed by atoms with Crippen LogP contribution in [0.5, 0.6) is 0 Å². The van der Waals surface area contributed by atoms with Gasteiger partial charge in [0.1, 0.15) is 5.60 Å². The van der Waals surface area contributed by atoms with Crippen LogP contribution >= 0.6 is 24.0 Å². The molecule has 1 aromatic carbocycles. The van der Waals surface area contributed by atoms with E-state index in [4.69, 9.17) is 9.47 Å². The molecule has 1 aromatic rings. The topological polar surface area (TPSA) is 75.2 Å². The van der Waals surface area contributed by atoms with Crippen LogP contribution in [0.15, 0.2) is 29.3 Å². The molecule has 0 aliphatic carbocycles. The lowest BCUT2D eigenvalue weighted by molar-refractivity contribution is 0.0285. The molecule has 0 radical (unpaired) electrons. The lowest BCUT2D eigenvalue weighted by Crippen LogP contribution is -2.43. The number of aliphatic imine (C=N–C) groups is 1. The lowest BCUT2D eigenvalue weighted by Gasteiger charge is -2.24. The van der Waals surface area contributed by atoms with Crippen LogP contribution in [0.2, 0.25) is 0 Å². The van der Waals surface area contributed by atoms with Crippen LogP contribution in [0.3, 0.4) is 0 Å². The first-order valence-electron chi connectivity index (χ1n) is 9.12. The van der Waals surface area contributed by atoms with E-state index in [1.165, 1.54) is 0 Å². The van der Waals surface area contributed by atoms with Gasteiger partial charge in [-0.15, -0.1) is 24.0 Å². The fraction of sp³-hybridized carbons (Fsp3) is 0.600. The molecule has 1 rings (SSSR count). The van der Waals surface area contributed by atoms with Crippen molar-refractivity contribution < 1.29 is 14.3 Å². The Morgan fingerprint density at radius 3 is 2.29 bits per heavy atom. The van der Waals surface area contributed by atoms with Crippen molar-refractivity contribution in [2.24, 2.45) is 4.99 Å². The zero-order valence-corrected chi connectivity index (χ0v) is 20.4. The van der Waals surface area contributed by atoms with Crippen LogP contribution < -0.4 is 10.6 Å². The molecule has 0 aliphatic heterocycles. The summed E-state index contributed by atoms with van der Waals surface area (Å²) in [7, 11) is 5.15. The van der Waals surface area contributed by atoms with E-state index in [0.717, 1.165) is 17.1 Å². The Kier molecular flexibility index (Phi) is 12.1. The van der Waals surface area contributed by atoms with Gasteiger partial charge in [0.15, 0.2) is 5.96 Å². The highest BCUT2D eigenvalue weighted by Crippen LogP contribution is 2.12. The van der Waals surface area contributed by atoms with E-state index in [-0.39, 0.29) is 36.1 Å². The van der Waals surface area contributed by atoms with Gasteiger partial charge in [0.2, 0.25) is 0 Å². The monoisotopic (exact) mass is 506 g/mol. The van der Waals surface area contributed by atoms with Crippen molar-refractivity contribution in [3.63, 3.8) is 0 Å². The molecule has 8 heteroatoms. The first-order valence-corrected chi connectivity index (χ1v) is 9.12. The predicted octanol–water partition coefficient (Wildman–Crippen LogP) is 3.37. The van der Waals surface area contributed by atoms with E-state index in [1.54, 1.807) is 26.1 Å². The number of nitrogens with zero attached hydrogens (tertiary/aromatic N) is 2. The fourth-order valence-electron chi connectivity index (χ4n) is 2.35. The molecule has 0 aromatic heterocycles. The highest BCUT2D eigenvalue weighted by molar-refractivity contribution is 14.0. The minimum absolute atomic E-state index is 0. The van der Waals surface area contributed by atoms with Crippen LogP contribution in [0, 0.1) is 0 Å². The molecular weight excluding hydrogens is 471 g/mol.